The molecule has 0 aliphatic carbocycles. The van der Waals surface area contributed by atoms with Crippen molar-refractivity contribution in [3.05, 3.63) is 133 Å². The minimum absolute atomic E-state index is 1.02. The average molecular weight is 583 g/mol. The first-order chi connectivity index (χ1) is 21.3. The number of nitrogens with zero attached hydrogens (tertiary/aromatic N) is 2. The van der Waals surface area contributed by atoms with Crippen LogP contribution in [0.4, 0.5) is 0 Å². The van der Waals surface area contributed by atoms with Crippen molar-refractivity contribution in [3.8, 4) is 22.4 Å². The molecule has 4 heteroatoms. The Hall–Kier alpha value is -5.03. The second-order valence-corrected chi connectivity index (χ2v) is 13.3. The number of fused-ring (bicyclic) bond motifs is 12. The minimum atomic E-state index is 1.02. The van der Waals surface area contributed by atoms with E-state index in [0.29, 0.717) is 0 Å². The zero-order valence-electron chi connectivity index (χ0n) is 22.9. The van der Waals surface area contributed by atoms with Crippen molar-refractivity contribution in [3.63, 3.8) is 0 Å². The molecule has 0 spiro atoms. The van der Waals surface area contributed by atoms with Crippen LogP contribution in [0.2, 0.25) is 0 Å². The van der Waals surface area contributed by atoms with Crippen LogP contribution >= 0.6 is 22.7 Å². The fraction of sp³-hybridized carbons (Fsp3) is 0. The molecule has 0 bridgehead atoms. The first-order valence-electron chi connectivity index (χ1n) is 14.5. The lowest BCUT2D eigenvalue weighted by Gasteiger charge is -2.10. The summed E-state index contributed by atoms with van der Waals surface area (Å²) < 4.78 is 7.59. The zero-order chi connectivity index (χ0) is 28.1. The predicted octanol–water partition coefficient (Wildman–Crippen LogP) is 11.7. The number of benzene rings is 6. The number of hydrogen-bond donors (Lipinski definition) is 0. The van der Waals surface area contributed by atoms with Gasteiger partial charge in [0.2, 0.25) is 0 Å². The van der Waals surface area contributed by atoms with Gasteiger partial charge in [-0.3, -0.25) is 4.40 Å². The van der Waals surface area contributed by atoms with Crippen LogP contribution in [0, 0.1) is 0 Å². The van der Waals surface area contributed by atoms with Gasteiger partial charge in [-0.15, -0.1) is 22.7 Å². The molecule has 4 aromatic heterocycles. The van der Waals surface area contributed by atoms with Crippen LogP contribution in [0.3, 0.4) is 0 Å². The Labute approximate surface area is 254 Å². The lowest BCUT2D eigenvalue weighted by Crippen LogP contribution is -1.93. The monoisotopic (exact) mass is 582 g/mol. The SMILES string of the molecule is c1ccc2c(c1)ccc1c3cc(-c4ccc(-c5ccc6sc7ccccc7c6c5)cc4)n4c5ccccc5nc4c3sc21. The van der Waals surface area contributed by atoms with Crippen LogP contribution < -0.4 is 0 Å². The number of thiophene rings is 2. The second-order valence-electron chi connectivity index (χ2n) is 11.2. The maximum Gasteiger partial charge on any atom is 0.156 e. The van der Waals surface area contributed by atoms with Crippen LogP contribution in [0.25, 0.3) is 90.2 Å². The molecule has 0 aliphatic heterocycles. The molecule has 10 rings (SSSR count). The van der Waals surface area contributed by atoms with Gasteiger partial charge in [0.25, 0.3) is 0 Å². The summed E-state index contributed by atoms with van der Waals surface area (Å²) in [7, 11) is 0. The predicted molar refractivity (Wildman–Crippen MR) is 187 cm³/mol. The van der Waals surface area contributed by atoms with Gasteiger partial charge < -0.3 is 0 Å². The van der Waals surface area contributed by atoms with E-state index in [0.717, 1.165) is 22.4 Å². The Morgan fingerprint density at radius 2 is 1.21 bits per heavy atom. The molecule has 200 valence electrons. The molecule has 0 N–H and O–H groups in total. The molecular formula is C39H22N2S2. The van der Waals surface area contributed by atoms with Crippen molar-refractivity contribution in [2.24, 2.45) is 0 Å². The van der Waals surface area contributed by atoms with E-state index in [4.69, 9.17) is 4.98 Å². The number of para-hydroxylation sites is 2. The van der Waals surface area contributed by atoms with E-state index >= 15 is 0 Å². The Morgan fingerprint density at radius 3 is 2.14 bits per heavy atom. The van der Waals surface area contributed by atoms with Crippen molar-refractivity contribution >= 4 is 90.5 Å². The summed E-state index contributed by atoms with van der Waals surface area (Å²) in [6.07, 6.45) is 0. The zero-order valence-corrected chi connectivity index (χ0v) is 24.5. The van der Waals surface area contributed by atoms with Crippen molar-refractivity contribution in [2.45, 2.75) is 0 Å². The van der Waals surface area contributed by atoms with E-state index in [1.54, 1.807) is 0 Å². The maximum absolute atomic E-state index is 5.19. The maximum atomic E-state index is 5.19. The highest BCUT2D eigenvalue weighted by Gasteiger charge is 2.18. The lowest BCUT2D eigenvalue weighted by molar-refractivity contribution is 1.25. The molecule has 4 heterocycles. The standard InChI is InChI=1S/C39H22N2S2/c1-2-8-27-24(7-1)17-19-29-31-22-34(41-33-11-5-4-10-32(33)40-39(41)38(31)43-37(27)29)25-15-13-23(14-16-25)26-18-20-36-30(21-26)28-9-3-6-12-35(28)42-36/h1-22H. The van der Waals surface area contributed by atoms with Gasteiger partial charge >= 0.3 is 0 Å². The molecule has 2 nitrogen and oxygen atoms in total. The molecule has 0 saturated carbocycles. The molecule has 6 aromatic carbocycles. The molecular weight excluding hydrogens is 561 g/mol. The van der Waals surface area contributed by atoms with Crippen LogP contribution in [0.15, 0.2) is 133 Å². The first-order valence-corrected chi connectivity index (χ1v) is 16.1. The smallest absolute Gasteiger partial charge is 0.156 e. The Balaban J connectivity index is 1.20. The van der Waals surface area contributed by atoms with E-state index < -0.39 is 0 Å². The molecule has 0 fully saturated rings. The van der Waals surface area contributed by atoms with Gasteiger partial charge in [-0.1, -0.05) is 97.1 Å². The van der Waals surface area contributed by atoms with Crippen LogP contribution in [-0.2, 0) is 0 Å². The van der Waals surface area contributed by atoms with Gasteiger partial charge in [0, 0.05) is 35.6 Å². The third kappa shape index (κ3) is 3.36. The summed E-state index contributed by atoms with van der Waals surface area (Å²) in [6.45, 7) is 0. The van der Waals surface area contributed by atoms with Gasteiger partial charge in [0.05, 0.1) is 21.4 Å². The van der Waals surface area contributed by atoms with Gasteiger partial charge in [0.1, 0.15) is 0 Å². The van der Waals surface area contributed by atoms with Crippen LogP contribution in [-0.4, -0.2) is 9.38 Å². The molecule has 0 aliphatic rings. The summed E-state index contributed by atoms with van der Waals surface area (Å²) in [5.74, 6) is 0. The number of aromatic nitrogens is 2. The fourth-order valence-corrected chi connectivity index (χ4v) is 9.11. The number of pyridine rings is 1. The molecule has 10 aromatic rings. The lowest BCUT2D eigenvalue weighted by atomic mass is 10.00. The number of hydrogen-bond acceptors (Lipinski definition) is 3. The summed E-state index contributed by atoms with van der Waals surface area (Å²) in [5, 5.41) is 7.80. The Kier molecular flexibility index (Phi) is 4.78. The second kappa shape index (κ2) is 8.74. The highest BCUT2D eigenvalue weighted by Crippen LogP contribution is 2.43. The third-order valence-corrected chi connectivity index (χ3v) is 11.2. The van der Waals surface area contributed by atoms with Crippen molar-refractivity contribution in [1.29, 1.82) is 0 Å². The summed E-state index contributed by atoms with van der Waals surface area (Å²) in [5.41, 5.74) is 7.99. The van der Waals surface area contributed by atoms with E-state index in [1.807, 2.05) is 22.7 Å². The Morgan fingerprint density at radius 1 is 0.465 bits per heavy atom. The number of imidazole rings is 1. The molecule has 0 saturated heterocycles. The Bertz CT molecular complexity index is 2720. The van der Waals surface area contributed by atoms with E-state index in [1.165, 1.54) is 67.8 Å². The molecule has 0 radical (unpaired) electrons. The van der Waals surface area contributed by atoms with Gasteiger partial charge in [-0.05, 0) is 63.9 Å². The van der Waals surface area contributed by atoms with E-state index in [9.17, 15) is 0 Å². The van der Waals surface area contributed by atoms with Gasteiger partial charge in [-0.2, -0.15) is 0 Å². The fourth-order valence-electron chi connectivity index (χ4n) is 6.73. The van der Waals surface area contributed by atoms with Gasteiger partial charge in [0.15, 0.2) is 5.65 Å². The quantitative estimate of drug-likeness (QED) is 0.198. The third-order valence-electron chi connectivity index (χ3n) is 8.80. The van der Waals surface area contributed by atoms with Crippen LogP contribution in [0.5, 0.6) is 0 Å². The van der Waals surface area contributed by atoms with Gasteiger partial charge in [-0.25, -0.2) is 4.98 Å². The molecule has 0 atom stereocenters. The summed E-state index contributed by atoms with van der Waals surface area (Å²) in [4.78, 5) is 5.19. The first kappa shape index (κ1) is 23.5. The van der Waals surface area contributed by atoms with Crippen molar-refractivity contribution in [2.75, 3.05) is 0 Å². The summed E-state index contributed by atoms with van der Waals surface area (Å²) in [6, 6.07) is 48.7. The largest absolute Gasteiger partial charge is 0.291 e. The highest BCUT2D eigenvalue weighted by molar-refractivity contribution is 7.27. The molecule has 0 unspecified atom stereocenters. The topological polar surface area (TPSA) is 17.3 Å². The molecule has 43 heavy (non-hydrogen) atoms. The average Bonchev–Trinajstić information content (AvgIpc) is 3.76. The van der Waals surface area contributed by atoms with E-state index in [2.05, 4.69) is 138 Å². The normalized spacial score (nSPS) is 12.2. The summed E-state index contributed by atoms with van der Waals surface area (Å²) >= 11 is 3.72. The molecule has 0 amide bonds. The minimum Gasteiger partial charge on any atom is -0.291 e. The highest BCUT2D eigenvalue weighted by atomic mass is 32.1. The van der Waals surface area contributed by atoms with Crippen LogP contribution in [0.1, 0.15) is 0 Å². The van der Waals surface area contributed by atoms with Crippen molar-refractivity contribution in [1.82, 2.24) is 9.38 Å². The number of rotatable bonds is 2. The van der Waals surface area contributed by atoms with E-state index in [-0.39, 0.29) is 0 Å². The van der Waals surface area contributed by atoms with Crippen molar-refractivity contribution < 1.29 is 0 Å².